The van der Waals surface area contributed by atoms with Gasteiger partial charge in [-0.3, -0.25) is 0 Å². The maximum Gasteiger partial charge on any atom is 0.161 e. The number of rotatable bonds is 8. The monoisotopic (exact) mass is 341 g/mol. The molecular weight excluding hydrogens is 314 g/mol. The van der Waals surface area contributed by atoms with Crippen molar-refractivity contribution in [1.82, 2.24) is 5.32 Å². The molecular formula is C21H27NO3. The molecule has 1 fully saturated rings. The summed E-state index contributed by atoms with van der Waals surface area (Å²) in [5.74, 6) is 2.17. The van der Waals surface area contributed by atoms with Gasteiger partial charge in [0.15, 0.2) is 11.5 Å². The van der Waals surface area contributed by atoms with Crippen LogP contribution in [0.2, 0.25) is 0 Å². The lowest BCUT2D eigenvalue weighted by Gasteiger charge is -2.22. The number of hydrogen-bond acceptors (Lipinski definition) is 4. The Morgan fingerprint density at radius 3 is 2.72 bits per heavy atom. The van der Waals surface area contributed by atoms with Crippen molar-refractivity contribution in [2.75, 3.05) is 26.9 Å². The summed E-state index contributed by atoms with van der Waals surface area (Å²) in [5.41, 5.74) is 2.34. The van der Waals surface area contributed by atoms with Gasteiger partial charge in [0.25, 0.3) is 0 Å². The van der Waals surface area contributed by atoms with E-state index < -0.39 is 0 Å². The Balaban J connectivity index is 1.55. The number of benzene rings is 2. The van der Waals surface area contributed by atoms with Gasteiger partial charge in [0.05, 0.1) is 13.7 Å². The van der Waals surface area contributed by atoms with E-state index in [1.165, 1.54) is 18.4 Å². The molecule has 4 nitrogen and oxygen atoms in total. The molecule has 0 amide bonds. The molecule has 1 N–H and O–H groups in total. The summed E-state index contributed by atoms with van der Waals surface area (Å²) in [6.45, 7) is 4.14. The summed E-state index contributed by atoms with van der Waals surface area (Å²) in [7, 11) is 1.67. The molecule has 0 aliphatic carbocycles. The predicted octanol–water partition coefficient (Wildman–Crippen LogP) is 3.79. The van der Waals surface area contributed by atoms with Gasteiger partial charge in [0, 0.05) is 19.7 Å². The minimum Gasteiger partial charge on any atom is -0.493 e. The normalized spacial score (nSPS) is 17.2. The Bertz CT molecular complexity index is 639. The summed E-state index contributed by atoms with van der Waals surface area (Å²) in [6.07, 6.45) is 2.42. The van der Waals surface area contributed by atoms with Gasteiger partial charge in [-0.25, -0.2) is 0 Å². The van der Waals surface area contributed by atoms with Crippen LogP contribution in [0.3, 0.4) is 0 Å². The summed E-state index contributed by atoms with van der Waals surface area (Å²) >= 11 is 0. The second-order valence-corrected chi connectivity index (χ2v) is 6.47. The fourth-order valence-electron chi connectivity index (χ4n) is 3.07. The smallest absolute Gasteiger partial charge is 0.161 e. The van der Waals surface area contributed by atoms with Gasteiger partial charge in [-0.15, -0.1) is 0 Å². The van der Waals surface area contributed by atoms with Gasteiger partial charge in [-0.2, -0.15) is 0 Å². The van der Waals surface area contributed by atoms with Crippen molar-refractivity contribution in [1.29, 1.82) is 0 Å². The average Bonchev–Trinajstić information content (AvgIpc) is 2.68. The first-order chi connectivity index (χ1) is 12.3. The minimum atomic E-state index is 0.535. The van der Waals surface area contributed by atoms with E-state index in [9.17, 15) is 0 Å². The van der Waals surface area contributed by atoms with Crippen molar-refractivity contribution in [3.8, 4) is 11.5 Å². The van der Waals surface area contributed by atoms with E-state index in [1.54, 1.807) is 7.11 Å². The molecule has 25 heavy (non-hydrogen) atoms. The fraction of sp³-hybridized carbons (Fsp3) is 0.429. The molecule has 0 radical (unpaired) electrons. The molecule has 134 valence electrons. The molecule has 1 aliphatic heterocycles. The lowest BCUT2D eigenvalue weighted by molar-refractivity contribution is 0.0547. The fourth-order valence-corrected chi connectivity index (χ4v) is 3.07. The molecule has 2 aromatic carbocycles. The van der Waals surface area contributed by atoms with E-state index >= 15 is 0 Å². The number of nitrogens with one attached hydrogen (secondary N) is 1. The van der Waals surface area contributed by atoms with Crippen molar-refractivity contribution < 1.29 is 14.2 Å². The zero-order chi connectivity index (χ0) is 17.3. The van der Waals surface area contributed by atoms with Crippen LogP contribution >= 0.6 is 0 Å². The van der Waals surface area contributed by atoms with Crippen molar-refractivity contribution in [3.05, 3.63) is 59.7 Å². The first-order valence-electron chi connectivity index (χ1n) is 8.97. The molecule has 3 rings (SSSR count). The molecule has 0 saturated carbocycles. The molecule has 1 aliphatic rings. The maximum absolute atomic E-state index is 5.98. The lowest BCUT2D eigenvalue weighted by Crippen LogP contribution is -2.28. The highest BCUT2D eigenvalue weighted by Gasteiger charge is 2.13. The van der Waals surface area contributed by atoms with Gasteiger partial charge >= 0.3 is 0 Å². The van der Waals surface area contributed by atoms with E-state index in [-0.39, 0.29) is 0 Å². The van der Waals surface area contributed by atoms with Crippen LogP contribution in [-0.4, -0.2) is 26.9 Å². The second kappa shape index (κ2) is 9.44. The highest BCUT2D eigenvalue weighted by atomic mass is 16.5. The zero-order valence-corrected chi connectivity index (χ0v) is 14.9. The molecule has 0 aromatic heterocycles. The number of hydrogen-bond donors (Lipinski definition) is 1. The van der Waals surface area contributed by atoms with Crippen LogP contribution in [-0.2, 0) is 17.9 Å². The van der Waals surface area contributed by atoms with Crippen LogP contribution in [0.15, 0.2) is 48.5 Å². The van der Waals surface area contributed by atoms with Crippen molar-refractivity contribution >= 4 is 0 Å². The first kappa shape index (κ1) is 17.8. The zero-order valence-electron chi connectivity index (χ0n) is 14.9. The van der Waals surface area contributed by atoms with Crippen molar-refractivity contribution in [2.24, 2.45) is 5.92 Å². The van der Waals surface area contributed by atoms with Crippen LogP contribution in [0.1, 0.15) is 24.0 Å². The van der Waals surface area contributed by atoms with Crippen molar-refractivity contribution in [3.63, 3.8) is 0 Å². The minimum absolute atomic E-state index is 0.535. The van der Waals surface area contributed by atoms with Gasteiger partial charge in [0.2, 0.25) is 0 Å². The summed E-state index contributed by atoms with van der Waals surface area (Å²) in [4.78, 5) is 0. The Kier molecular flexibility index (Phi) is 6.71. The summed E-state index contributed by atoms with van der Waals surface area (Å²) in [5, 5.41) is 3.53. The van der Waals surface area contributed by atoms with E-state index in [2.05, 4.69) is 29.6 Å². The average molecular weight is 341 g/mol. The third-order valence-electron chi connectivity index (χ3n) is 4.48. The van der Waals surface area contributed by atoms with Crippen LogP contribution in [0.5, 0.6) is 11.5 Å². The van der Waals surface area contributed by atoms with Gasteiger partial charge in [-0.05, 0) is 42.0 Å². The highest BCUT2D eigenvalue weighted by Crippen LogP contribution is 2.29. The lowest BCUT2D eigenvalue weighted by atomic mass is 10.0. The molecule has 1 atom stereocenters. The molecule has 0 bridgehead atoms. The Morgan fingerprint density at radius 1 is 1.08 bits per heavy atom. The van der Waals surface area contributed by atoms with E-state index in [1.807, 2.05) is 24.3 Å². The van der Waals surface area contributed by atoms with Gasteiger partial charge in [0.1, 0.15) is 6.61 Å². The molecule has 1 unspecified atom stereocenters. The quantitative estimate of drug-likeness (QED) is 0.793. The van der Waals surface area contributed by atoms with Crippen LogP contribution < -0.4 is 14.8 Å². The van der Waals surface area contributed by atoms with Crippen LogP contribution in [0.25, 0.3) is 0 Å². The van der Waals surface area contributed by atoms with Gasteiger partial charge < -0.3 is 19.5 Å². The Labute approximate surface area is 150 Å². The van der Waals surface area contributed by atoms with Gasteiger partial charge in [-0.1, -0.05) is 36.4 Å². The predicted molar refractivity (Wildman–Crippen MR) is 99.0 cm³/mol. The molecule has 2 aromatic rings. The second-order valence-electron chi connectivity index (χ2n) is 6.47. The third-order valence-corrected chi connectivity index (χ3v) is 4.48. The third kappa shape index (κ3) is 5.48. The standard InChI is InChI=1S/C21H27NO3/c1-23-20-10-9-18(13-22-14-19-8-5-11-24-15-19)12-21(20)25-16-17-6-3-2-4-7-17/h2-4,6-7,9-10,12,19,22H,5,8,11,13-16H2,1H3. The Morgan fingerprint density at radius 2 is 1.96 bits per heavy atom. The van der Waals surface area contributed by atoms with Crippen LogP contribution in [0, 0.1) is 5.92 Å². The van der Waals surface area contributed by atoms with Crippen LogP contribution in [0.4, 0.5) is 0 Å². The SMILES string of the molecule is COc1ccc(CNCC2CCCOC2)cc1OCc1ccccc1. The topological polar surface area (TPSA) is 39.7 Å². The molecule has 4 heteroatoms. The summed E-state index contributed by atoms with van der Waals surface area (Å²) in [6, 6.07) is 16.3. The number of methoxy groups -OCH3 is 1. The molecule has 1 heterocycles. The Hall–Kier alpha value is -2.04. The van der Waals surface area contributed by atoms with E-state index in [4.69, 9.17) is 14.2 Å². The summed E-state index contributed by atoms with van der Waals surface area (Å²) < 4.78 is 16.9. The highest BCUT2D eigenvalue weighted by molar-refractivity contribution is 5.43. The van der Waals surface area contributed by atoms with Crippen molar-refractivity contribution in [2.45, 2.75) is 26.0 Å². The maximum atomic E-state index is 5.98. The largest absolute Gasteiger partial charge is 0.493 e. The van der Waals surface area contributed by atoms with E-state index in [0.717, 1.165) is 43.4 Å². The number of ether oxygens (including phenoxy) is 3. The molecule has 0 spiro atoms. The molecule has 1 saturated heterocycles. The first-order valence-corrected chi connectivity index (χ1v) is 8.97. The van der Waals surface area contributed by atoms with E-state index in [0.29, 0.717) is 12.5 Å².